The third kappa shape index (κ3) is 3.91. The Morgan fingerprint density at radius 3 is 2.33 bits per heavy atom. The van der Waals surface area contributed by atoms with Gasteiger partial charge >= 0.3 is 5.97 Å². The van der Waals surface area contributed by atoms with Crippen LogP contribution in [-0.2, 0) is 14.8 Å². The average Bonchev–Trinajstić information content (AvgIpc) is 2.46. The molecule has 21 heavy (non-hydrogen) atoms. The largest absolute Gasteiger partial charge is 0.465 e. The Balaban J connectivity index is 3.41. The van der Waals surface area contributed by atoms with Crippen molar-refractivity contribution in [2.24, 2.45) is 0 Å². The molecule has 0 fully saturated rings. The highest BCUT2D eigenvalue weighted by Crippen LogP contribution is 2.23. The molecule has 0 aliphatic rings. The van der Waals surface area contributed by atoms with Crippen LogP contribution >= 0.6 is 0 Å². The highest BCUT2D eigenvalue weighted by atomic mass is 32.2. The first-order chi connectivity index (χ1) is 9.88. The molecule has 118 valence electrons. The van der Waals surface area contributed by atoms with Crippen LogP contribution in [0.5, 0.6) is 0 Å². The molecule has 1 rings (SSSR count). The molecule has 4 N–H and O–H groups in total. The maximum Gasteiger partial charge on any atom is 0.339 e. The fourth-order valence-electron chi connectivity index (χ4n) is 1.75. The lowest BCUT2D eigenvalue weighted by atomic mass is 10.2. The van der Waals surface area contributed by atoms with Gasteiger partial charge in [0.15, 0.2) is 0 Å². The predicted molar refractivity (Wildman–Crippen MR) is 75.1 cm³/mol. The first-order valence-electron chi connectivity index (χ1n) is 6.08. The molecule has 0 radical (unpaired) electrons. The highest BCUT2D eigenvalue weighted by molar-refractivity contribution is 7.89. The minimum absolute atomic E-state index is 0.160. The maximum atomic E-state index is 12.5. The van der Waals surface area contributed by atoms with Crippen molar-refractivity contribution >= 4 is 21.7 Å². The summed E-state index contributed by atoms with van der Waals surface area (Å²) in [7, 11) is -2.97. The number of nitrogens with two attached hydrogens (primary N) is 1. The van der Waals surface area contributed by atoms with Gasteiger partial charge < -0.3 is 20.7 Å². The van der Waals surface area contributed by atoms with E-state index in [9.17, 15) is 13.2 Å². The van der Waals surface area contributed by atoms with Crippen molar-refractivity contribution in [3.8, 4) is 0 Å². The van der Waals surface area contributed by atoms with Crippen molar-refractivity contribution < 1.29 is 28.2 Å². The van der Waals surface area contributed by atoms with Gasteiger partial charge in [-0.05, 0) is 18.2 Å². The number of nitrogens with zero attached hydrogens (tertiary/aromatic N) is 1. The summed E-state index contributed by atoms with van der Waals surface area (Å²) >= 11 is 0. The zero-order chi connectivity index (χ0) is 16.0. The molecule has 9 heteroatoms. The van der Waals surface area contributed by atoms with E-state index < -0.39 is 29.2 Å². The number of esters is 1. The summed E-state index contributed by atoms with van der Waals surface area (Å²) in [6, 6.07) is 3.78. The molecule has 0 amide bonds. The highest BCUT2D eigenvalue weighted by Gasteiger charge is 2.29. The second-order valence-corrected chi connectivity index (χ2v) is 6.00. The molecular weight excluding hydrogens is 300 g/mol. The minimum Gasteiger partial charge on any atom is -0.465 e. The van der Waals surface area contributed by atoms with E-state index in [-0.39, 0.29) is 29.2 Å². The second-order valence-electron chi connectivity index (χ2n) is 4.10. The van der Waals surface area contributed by atoms with E-state index in [1.165, 1.54) is 12.1 Å². The van der Waals surface area contributed by atoms with Crippen molar-refractivity contribution in [2.75, 3.05) is 39.1 Å². The summed E-state index contributed by atoms with van der Waals surface area (Å²) in [5.74, 6) is -0.818. The molecule has 0 saturated heterocycles. The molecule has 0 atom stereocenters. The van der Waals surface area contributed by atoms with Gasteiger partial charge in [-0.3, -0.25) is 0 Å². The number of benzene rings is 1. The number of anilines is 1. The van der Waals surface area contributed by atoms with Crippen LogP contribution in [-0.4, -0.2) is 62.3 Å². The number of hydrogen-bond acceptors (Lipinski definition) is 7. The molecule has 0 aliphatic heterocycles. The van der Waals surface area contributed by atoms with Gasteiger partial charge in [0.05, 0.1) is 30.8 Å². The Bertz CT molecular complexity index is 596. The van der Waals surface area contributed by atoms with Gasteiger partial charge in [-0.25, -0.2) is 13.2 Å². The van der Waals surface area contributed by atoms with Gasteiger partial charge in [0.25, 0.3) is 0 Å². The second kappa shape index (κ2) is 7.36. The van der Waals surface area contributed by atoms with E-state index in [4.69, 9.17) is 15.9 Å². The van der Waals surface area contributed by atoms with E-state index >= 15 is 0 Å². The van der Waals surface area contributed by atoms with Crippen LogP contribution in [0.2, 0.25) is 0 Å². The molecule has 0 spiro atoms. The Morgan fingerprint density at radius 2 is 1.86 bits per heavy atom. The molecule has 0 bridgehead atoms. The topological polar surface area (TPSA) is 130 Å². The Hall–Kier alpha value is -1.68. The number of aliphatic hydroxyl groups excluding tert-OH is 2. The Kier molecular flexibility index (Phi) is 6.09. The van der Waals surface area contributed by atoms with Crippen LogP contribution in [0.4, 0.5) is 5.69 Å². The Morgan fingerprint density at radius 1 is 1.29 bits per heavy atom. The number of ether oxygens (including phenoxy) is 1. The number of sulfonamides is 1. The first kappa shape index (κ1) is 17.4. The van der Waals surface area contributed by atoms with Crippen molar-refractivity contribution in [3.63, 3.8) is 0 Å². The van der Waals surface area contributed by atoms with E-state index in [1.807, 2.05) is 0 Å². The van der Waals surface area contributed by atoms with E-state index in [2.05, 4.69) is 4.74 Å². The maximum absolute atomic E-state index is 12.5. The number of carbonyl (C=O) groups is 1. The monoisotopic (exact) mass is 318 g/mol. The lowest BCUT2D eigenvalue weighted by Gasteiger charge is -2.21. The molecule has 1 aromatic rings. The zero-order valence-corrected chi connectivity index (χ0v) is 12.3. The number of methoxy groups -OCH3 is 1. The van der Waals surface area contributed by atoms with Gasteiger partial charge in [-0.15, -0.1) is 0 Å². The number of carbonyl (C=O) groups excluding carboxylic acids is 1. The fourth-order valence-corrected chi connectivity index (χ4v) is 3.38. The smallest absolute Gasteiger partial charge is 0.339 e. The predicted octanol–water partition coefficient (Wildman–Crippen LogP) is -0.969. The van der Waals surface area contributed by atoms with Gasteiger partial charge in [0.2, 0.25) is 10.0 Å². The molecule has 1 aromatic carbocycles. The van der Waals surface area contributed by atoms with Gasteiger partial charge in [-0.2, -0.15) is 4.31 Å². The average molecular weight is 318 g/mol. The van der Waals surface area contributed by atoms with Crippen molar-refractivity contribution in [2.45, 2.75) is 4.90 Å². The van der Waals surface area contributed by atoms with E-state index in [0.717, 1.165) is 17.5 Å². The third-order valence-electron chi connectivity index (χ3n) is 2.73. The van der Waals surface area contributed by atoms with E-state index in [1.54, 1.807) is 0 Å². The lowest BCUT2D eigenvalue weighted by molar-refractivity contribution is 0.0596. The van der Waals surface area contributed by atoms with Gasteiger partial charge in [-0.1, -0.05) is 0 Å². The van der Waals surface area contributed by atoms with Crippen LogP contribution in [0.25, 0.3) is 0 Å². The molecular formula is C12H18N2O6S. The standard InChI is InChI=1S/C12H18N2O6S/c1-20-12(17)10-3-2-9(13)8-11(10)21(18,19)14(4-6-15)5-7-16/h2-3,8,15-16H,4-7,13H2,1H3. The molecule has 8 nitrogen and oxygen atoms in total. The van der Waals surface area contributed by atoms with Crippen molar-refractivity contribution in [3.05, 3.63) is 23.8 Å². The Labute approximate surface area is 122 Å². The summed E-state index contributed by atoms with van der Waals surface area (Å²) < 4.78 is 30.5. The fraction of sp³-hybridized carbons (Fsp3) is 0.417. The molecule has 0 unspecified atom stereocenters. The van der Waals surface area contributed by atoms with Crippen LogP contribution < -0.4 is 5.73 Å². The van der Waals surface area contributed by atoms with Crippen LogP contribution in [0.3, 0.4) is 0 Å². The summed E-state index contributed by atoms with van der Waals surface area (Å²) in [5.41, 5.74) is 5.58. The van der Waals surface area contributed by atoms with Crippen LogP contribution in [0.1, 0.15) is 10.4 Å². The summed E-state index contributed by atoms with van der Waals surface area (Å²) in [5, 5.41) is 17.9. The van der Waals surface area contributed by atoms with E-state index in [0.29, 0.717) is 0 Å². The number of rotatable bonds is 7. The molecule has 0 saturated carbocycles. The third-order valence-corrected chi connectivity index (χ3v) is 4.67. The van der Waals surface area contributed by atoms with Gasteiger partial charge in [0.1, 0.15) is 0 Å². The number of nitrogen functional groups attached to an aromatic ring is 1. The zero-order valence-electron chi connectivity index (χ0n) is 11.5. The van der Waals surface area contributed by atoms with Crippen LogP contribution in [0.15, 0.2) is 23.1 Å². The minimum atomic E-state index is -4.10. The van der Waals surface area contributed by atoms with Crippen molar-refractivity contribution in [1.82, 2.24) is 4.31 Å². The summed E-state index contributed by atoms with van der Waals surface area (Å²) in [6.07, 6.45) is 0. The number of aliphatic hydroxyl groups is 2. The van der Waals surface area contributed by atoms with Crippen molar-refractivity contribution in [1.29, 1.82) is 0 Å². The lowest BCUT2D eigenvalue weighted by Crippen LogP contribution is -2.36. The quantitative estimate of drug-likeness (QED) is 0.435. The number of hydrogen-bond donors (Lipinski definition) is 3. The summed E-state index contributed by atoms with van der Waals surface area (Å²) in [6.45, 7) is -1.26. The SMILES string of the molecule is COC(=O)c1ccc(N)cc1S(=O)(=O)N(CCO)CCO. The molecule has 0 aliphatic carbocycles. The molecule has 0 heterocycles. The van der Waals surface area contributed by atoms with Gasteiger partial charge in [0, 0.05) is 18.8 Å². The van der Waals surface area contributed by atoms with Crippen LogP contribution in [0, 0.1) is 0 Å². The first-order valence-corrected chi connectivity index (χ1v) is 7.52. The molecule has 0 aromatic heterocycles. The summed E-state index contributed by atoms with van der Waals surface area (Å²) in [4.78, 5) is 11.4. The normalized spacial score (nSPS) is 11.6.